The maximum absolute atomic E-state index is 12.3. The van der Waals surface area contributed by atoms with Crippen LogP contribution in [0, 0.1) is 6.92 Å². The number of anilines is 2. The number of nitrogens with two attached hydrogens (primary N) is 1. The summed E-state index contributed by atoms with van der Waals surface area (Å²) < 4.78 is 10.1. The number of rotatable bonds is 7. The molecule has 0 bridgehead atoms. The number of hydrogen-bond acceptors (Lipinski definition) is 7. The first kappa shape index (κ1) is 21.7. The molecular formula is C19H21ClN2O5S. The highest BCUT2D eigenvalue weighted by atomic mass is 35.5. The first-order chi connectivity index (χ1) is 13.3. The van der Waals surface area contributed by atoms with Gasteiger partial charge < -0.3 is 20.5 Å². The molecule has 9 heteroatoms. The number of amides is 1. The summed E-state index contributed by atoms with van der Waals surface area (Å²) in [7, 11) is 0. The minimum atomic E-state index is -0.708. The van der Waals surface area contributed by atoms with Gasteiger partial charge in [0, 0.05) is 4.88 Å². The van der Waals surface area contributed by atoms with Gasteiger partial charge in [0.2, 0.25) is 0 Å². The van der Waals surface area contributed by atoms with Gasteiger partial charge in [-0.2, -0.15) is 0 Å². The lowest BCUT2D eigenvalue weighted by molar-refractivity contribution is -0.119. The molecule has 0 spiro atoms. The maximum Gasteiger partial charge on any atom is 0.341 e. The van der Waals surface area contributed by atoms with Gasteiger partial charge in [0.1, 0.15) is 5.00 Å². The summed E-state index contributed by atoms with van der Waals surface area (Å²) in [6.07, 6.45) is 0.624. The van der Waals surface area contributed by atoms with E-state index < -0.39 is 24.5 Å². The van der Waals surface area contributed by atoms with E-state index in [1.54, 1.807) is 6.92 Å². The van der Waals surface area contributed by atoms with Crippen LogP contribution in [0.15, 0.2) is 18.2 Å². The molecule has 3 N–H and O–H groups in total. The van der Waals surface area contributed by atoms with Crippen LogP contribution < -0.4 is 11.1 Å². The quantitative estimate of drug-likeness (QED) is 0.516. The number of nitrogens with one attached hydrogen (secondary N) is 1. The molecule has 28 heavy (non-hydrogen) atoms. The number of ether oxygens (including phenoxy) is 2. The Morgan fingerprint density at radius 3 is 2.50 bits per heavy atom. The van der Waals surface area contributed by atoms with E-state index in [4.69, 9.17) is 26.8 Å². The number of halogens is 1. The Kier molecular flexibility index (Phi) is 7.42. The molecule has 0 radical (unpaired) electrons. The predicted molar refractivity (Wildman–Crippen MR) is 109 cm³/mol. The number of aryl methyl sites for hydroxylation is 1. The zero-order valence-corrected chi connectivity index (χ0v) is 17.3. The molecule has 1 aromatic heterocycles. The zero-order valence-electron chi connectivity index (χ0n) is 15.8. The summed E-state index contributed by atoms with van der Waals surface area (Å²) in [6.45, 7) is 5.22. The third-order valence-electron chi connectivity index (χ3n) is 3.86. The van der Waals surface area contributed by atoms with Crippen molar-refractivity contribution in [2.45, 2.75) is 27.2 Å². The summed E-state index contributed by atoms with van der Waals surface area (Å²) >= 11 is 7.09. The number of carbonyl (C=O) groups is 3. The van der Waals surface area contributed by atoms with Gasteiger partial charge in [-0.05, 0) is 44.0 Å². The molecule has 2 aromatic rings. The fraction of sp³-hybridized carbons (Fsp3) is 0.316. The SMILES string of the molecule is CCOC(=O)c1c(NC(=O)COC(=O)c2ccc(Cl)c(N)c2)sc(C)c1CC. The normalized spacial score (nSPS) is 10.4. The molecule has 0 saturated heterocycles. The standard InChI is InChI=1S/C19H21ClN2O5S/c1-4-12-10(3)28-17(16(12)19(25)26-5-2)22-15(23)9-27-18(24)11-6-7-13(20)14(21)8-11/h6-8H,4-5,9,21H2,1-3H3,(H,22,23). The Morgan fingerprint density at radius 2 is 1.89 bits per heavy atom. The van der Waals surface area contributed by atoms with E-state index in [-0.39, 0.29) is 17.9 Å². The molecule has 0 aliphatic carbocycles. The van der Waals surface area contributed by atoms with Crippen molar-refractivity contribution in [1.82, 2.24) is 0 Å². The van der Waals surface area contributed by atoms with Crippen LogP contribution in [0.2, 0.25) is 5.02 Å². The lowest BCUT2D eigenvalue weighted by Crippen LogP contribution is -2.22. The molecule has 0 unspecified atom stereocenters. The van der Waals surface area contributed by atoms with Crippen LogP contribution in [0.1, 0.15) is 45.0 Å². The average molecular weight is 425 g/mol. The highest BCUT2D eigenvalue weighted by molar-refractivity contribution is 7.16. The van der Waals surface area contributed by atoms with E-state index >= 15 is 0 Å². The van der Waals surface area contributed by atoms with Gasteiger partial charge in [0.25, 0.3) is 5.91 Å². The van der Waals surface area contributed by atoms with Crippen LogP contribution in [0.3, 0.4) is 0 Å². The molecule has 0 atom stereocenters. The van der Waals surface area contributed by atoms with Crippen molar-refractivity contribution in [1.29, 1.82) is 0 Å². The van der Waals surface area contributed by atoms with Gasteiger partial charge in [-0.1, -0.05) is 18.5 Å². The second-order valence-corrected chi connectivity index (χ2v) is 7.41. The van der Waals surface area contributed by atoms with Crippen molar-refractivity contribution >= 4 is 51.5 Å². The van der Waals surface area contributed by atoms with Crippen LogP contribution in [-0.2, 0) is 20.7 Å². The Hall–Kier alpha value is -2.58. The zero-order chi connectivity index (χ0) is 20.8. The number of benzene rings is 1. The van der Waals surface area contributed by atoms with Gasteiger partial charge in [0.15, 0.2) is 6.61 Å². The smallest absolute Gasteiger partial charge is 0.341 e. The minimum absolute atomic E-state index is 0.183. The summed E-state index contributed by atoms with van der Waals surface area (Å²) in [5.41, 5.74) is 7.24. The molecular weight excluding hydrogens is 404 g/mol. The van der Waals surface area contributed by atoms with E-state index in [1.165, 1.54) is 29.5 Å². The van der Waals surface area contributed by atoms with E-state index in [2.05, 4.69) is 5.32 Å². The molecule has 150 valence electrons. The van der Waals surface area contributed by atoms with Crippen LogP contribution >= 0.6 is 22.9 Å². The second-order valence-electron chi connectivity index (χ2n) is 5.78. The van der Waals surface area contributed by atoms with Crippen molar-refractivity contribution in [3.8, 4) is 0 Å². The second kappa shape index (κ2) is 9.57. The van der Waals surface area contributed by atoms with Crippen LogP contribution in [0.25, 0.3) is 0 Å². The number of hydrogen-bond donors (Lipinski definition) is 2. The molecule has 7 nitrogen and oxygen atoms in total. The van der Waals surface area contributed by atoms with Gasteiger partial charge in [-0.15, -0.1) is 11.3 Å². The average Bonchev–Trinajstić information content (AvgIpc) is 2.97. The lowest BCUT2D eigenvalue weighted by atomic mass is 10.1. The van der Waals surface area contributed by atoms with Crippen LogP contribution in [0.4, 0.5) is 10.7 Å². The Morgan fingerprint density at radius 1 is 1.18 bits per heavy atom. The van der Waals surface area contributed by atoms with E-state index in [0.717, 1.165) is 10.4 Å². The summed E-state index contributed by atoms with van der Waals surface area (Å²) in [4.78, 5) is 37.5. The minimum Gasteiger partial charge on any atom is -0.462 e. The van der Waals surface area contributed by atoms with E-state index in [1.807, 2.05) is 13.8 Å². The monoisotopic (exact) mass is 424 g/mol. The fourth-order valence-corrected chi connectivity index (χ4v) is 3.83. The van der Waals surface area contributed by atoms with Crippen molar-refractivity contribution in [3.63, 3.8) is 0 Å². The van der Waals surface area contributed by atoms with Gasteiger partial charge >= 0.3 is 11.9 Å². The van der Waals surface area contributed by atoms with Crippen LogP contribution in [0.5, 0.6) is 0 Å². The molecule has 1 amide bonds. The first-order valence-electron chi connectivity index (χ1n) is 8.59. The highest BCUT2D eigenvalue weighted by Gasteiger charge is 2.23. The number of carbonyl (C=O) groups excluding carboxylic acids is 3. The van der Waals surface area contributed by atoms with Crippen molar-refractivity contribution < 1.29 is 23.9 Å². The number of thiophene rings is 1. The predicted octanol–water partition coefficient (Wildman–Crippen LogP) is 3.83. The summed E-state index contributed by atoms with van der Waals surface area (Å²) in [5, 5.41) is 3.33. The Bertz CT molecular complexity index is 910. The lowest BCUT2D eigenvalue weighted by Gasteiger charge is -2.09. The Balaban J connectivity index is 2.07. The van der Waals surface area contributed by atoms with E-state index in [0.29, 0.717) is 22.0 Å². The van der Waals surface area contributed by atoms with Crippen molar-refractivity contribution in [2.24, 2.45) is 0 Å². The third kappa shape index (κ3) is 5.02. The number of esters is 2. The largest absolute Gasteiger partial charge is 0.462 e. The molecule has 0 aliphatic heterocycles. The topological polar surface area (TPSA) is 108 Å². The van der Waals surface area contributed by atoms with Gasteiger partial charge in [-0.25, -0.2) is 9.59 Å². The van der Waals surface area contributed by atoms with Crippen molar-refractivity contribution in [2.75, 3.05) is 24.3 Å². The highest BCUT2D eigenvalue weighted by Crippen LogP contribution is 2.34. The third-order valence-corrected chi connectivity index (χ3v) is 5.27. The van der Waals surface area contributed by atoms with E-state index in [9.17, 15) is 14.4 Å². The summed E-state index contributed by atoms with van der Waals surface area (Å²) in [6, 6.07) is 4.30. The fourth-order valence-electron chi connectivity index (χ4n) is 2.56. The molecule has 1 heterocycles. The van der Waals surface area contributed by atoms with Crippen molar-refractivity contribution in [3.05, 3.63) is 44.8 Å². The molecule has 2 rings (SSSR count). The maximum atomic E-state index is 12.3. The molecule has 0 fully saturated rings. The summed E-state index contributed by atoms with van der Waals surface area (Å²) in [5.74, 6) is -1.77. The Labute approximate surface area is 171 Å². The molecule has 0 saturated carbocycles. The first-order valence-corrected chi connectivity index (χ1v) is 9.79. The number of nitrogen functional groups attached to an aromatic ring is 1. The molecule has 0 aliphatic rings. The van der Waals surface area contributed by atoms with Gasteiger partial charge in [0.05, 0.1) is 28.4 Å². The molecule has 1 aromatic carbocycles. The van der Waals surface area contributed by atoms with Crippen LogP contribution in [-0.4, -0.2) is 31.1 Å². The van der Waals surface area contributed by atoms with Gasteiger partial charge in [-0.3, -0.25) is 4.79 Å².